The summed E-state index contributed by atoms with van der Waals surface area (Å²) in [5.41, 5.74) is 5.22. The highest BCUT2D eigenvalue weighted by molar-refractivity contribution is 7.14. The van der Waals surface area contributed by atoms with Crippen molar-refractivity contribution in [3.05, 3.63) is 89.5 Å². The Morgan fingerprint density at radius 2 is 1.56 bits per heavy atom. The van der Waals surface area contributed by atoms with Gasteiger partial charge in [-0.3, -0.25) is 0 Å². The molecule has 0 saturated carbocycles. The number of nitrogens with zero attached hydrogens (tertiary/aromatic N) is 1. The Labute approximate surface area is 160 Å². The van der Waals surface area contributed by atoms with Gasteiger partial charge in [-0.05, 0) is 17.2 Å². The average molecular weight is 375 g/mol. The molecule has 1 atom stereocenters. The minimum absolute atomic E-state index is 0.244. The van der Waals surface area contributed by atoms with E-state index in [0.717, 1.165) is 16.4 Å². The molecule has 0 radical (unpaired) electrons. The molecule has 1 unspecified atom stereocenters. The number of thiazole rings is 1. The van der Waals surface area contributed by atoms with Crippen molar-refractivity contribution in [3.8, 4) is 22.4 Å². The van der Waals surface area contributed by atoms with E-state index in [9.17, 15) is 5.21 Å². The zero-order valence-corrected chi connectivity index (χ0v) is 15.1. The maximum absolute atomic E-state index is 11.1. The van der Waals surface area contributed by atoms with E-state index in [1.54, 1.807) is 18.2 Å². The smallest absolute Gasteiger partial charge is 0.187 e. The first-order chi connectivity index (χ1) is 13.2. The number of nitrogens with one attached hydrogen (secondary N) is 2. The number of quaternary nitrogens is 1. The maximum Gasteiger partial charge on any atom is 0.187 e. The Bertz CT molecular complexity index is 1030. The lowest BCUT2D eigenvalue weighted by Crippen LogP contribution is -2.99. The molecule has 0 aliphatic carbocycles. The van der Waals surface area contributed by atoms with Crippen LogP contribution in [0.15, 0.2) is 84.2 Å². The maximum atomic E-state index is 11.1. The van der Waals surface area contributed by atoms with Gasteiger partial charge in [0.15, 0.2) is 10.8 Å². The van der Waals surface area contributed by atoms with Crippen molar-refractivity contribution in [2.45, 2.75) is 0 Å². The van der Waals surface area contributed by atoms with Crippen LogP contribution in [0.2, 0.25) is 0 Å². The highest BCUT2D eigenvalue weighted by Crippen LogP contribution is 2.29. The predicted octanol–water partition coefficient (Wildman–Crippen LogP) is 4.62. The summed E-state index contributed by atoms with van der Waals surface area (Å²) in [7, 11) is 0. The zero-order chi connectivity index (χ0) is 18.6. The SMILES string of the molecule is [O-][NH+](O)c1cccc(Nc2nc(-c3ccc(-c4ccccc4)cc3)cs2)c1. The molecule has 6 heteroatoms. The summed E-state index contributed by atoms with van der Waals surface area (Å²) in [5.74, 6) is 0. The molecule has 0 aliphatic rings. The fraction of sp³-hybridized carbons (Fsp3) is 0. The van der Waals surface area contributed by atoms with Gasteiger partial charge in [-0.1, -0.05) is 60.7 Å². The van der Waals surface area contributed by atoms with Gasteiger partial charge in [0.1, 0.15) is 0 Å². The van der Waals surface area contributed by atoms with E-state index < -0.39 is 5.23 Å². The van der Waals surface area contributed by atoms with Crippen molar-refractivity contribution in [2.75, 3.05) is 5.32 Å². The van der Waals surface area contributed by atoms with Crippen molar-refractivity contribution < 1.29 is 10.4 Å². The molecule has 4 aromatic rings. The van der Waals surface area contributed by atoms with Gasteiger partial charge in [0.25, 0.3) is 0 Å². The highest BCUT2D eigenvalue weighted by Gasteiger charge is 2.07. The molecule has 1 aromatic heterocycles. The zero-order valence-electron chi connectivity index (χ0n) is 14.3. The Hall–Kier alpha value is -3.03. The lowest BCUT2D eigenvalue weighted by Gasteiger charge is -2.12. The van der Waals surface area contributed by atoms with Crippen LogP contribution in [0.5, 0.6) is 0 Å². The van der Waals surface area contributed by atoms with E-state index in [2.05, 4.69) is 46.7 Å². The highest BCUT2D eigenvalue weighted by atomic mass is 32.1. The van der Waals surface area contributed by atoms with E-state index in [0.29, 0.717) is 5.69 Å². The van der Waals surface area contributed by atoms with Crippen molar-refractivity contribution in [1.82, 2.24) is 4.98 Å². The van der Waals surface area contributed by atoms with Gasteiger partial charge in [-0.2, -0.15) is 5.23 Å². The van der Waals surface area contributed by atoms with Gasteiger partial charge in [0, 0.05) is 28.8 Å². The van der Waals surface area contributed by atoms with Crippen LogP contribution in [0.3, 0.4) is 0 Å². The van der Waals surface area contributed by atoms with Crippen LogP contribution in [0.4, 0.5) is 16.5 Å². The van der Waals surface area contributed by atoms with Gasteiger partial charge in [-0.15, -0.1) is 11.3 Å². The fourth-order valence-electron chi connectivity index (χ4n) is 2.78. The first-order valence-corrected chi connectivity index (χ1v) is 9.29. The molecule has 4 rings (SSSR count). The summed E-state index contributed by atoms with van der Waals surface area (Å²) in [6.07, 6.45) is 0. The number of hydrogen-bond acceptors (Lipinski definition) is 5. The van der Waals surface area contributed by atoms with Gasteiger partial charge in [0.05, 0.1) is 5.69 Å². The van der Waals surface area contributed by atoms with Gasteiger partial charge in [0.2, 0.25) is 0 Å². The van der Waals surface area contributed by atoms with E-state index in [-0.39, 0.29) is 5.69 Å². The molecule has 1 heterocycles. The number of rotatable bonds is 5. The van der Waals surface area contributed by atoms with E-state index in [1.165, 1.54) is 22.5 Å². The molecule has 134 valence electrons. The molecular formula is C21H17N3O2S. The Morgan fingerprint density at radius 3 is 2.30 bits per heavy atom. The monoisotopic (exact) mass is 375 g/mol. The number of hydrogen-bond donors (Lipinski definition) is 3. The molecule has 0 saturated heterocycles. The summed E-state index contributed by atoms with van der Waals surface area (Å²) in [6.45, 7) is 0. The van der Waals surface area contributed by atoms with Crippen LogP contribution in [0.1, 0.15) is 0 Å². The van der Waals surface area contributed by atoms with Crippen molar-refractivity contribution in [1.29, 1.82) is 0 Å². The number of anilines is 2. The lowest BCUT2D eigenvalue weighted by molar-refractivity contribution is -0.991. The second kappa shape index (κ2) is 7.69. The second-order valence-corrected chi connectivity index (χ2v) is 6.85. The minimum atomic E-state index is -0.947. The number of benzene rings is 3. The molecule has 3 aromatic carbocycles. The minimum Gasteiger partial charge on any atom is -0.595 e. The molecule has 3 N–H and O–H groups in total. The Morgan fingerprint density at radius 1 is 0.852 bits per heavy atom. The summed E-state index contributed by atoms with van der Waals surface area (Å²) < 4.78 is 0. The Kier molecular flexibility index (Phi) is 4.95. The van der Waals surface area contributed by atoms with Crippen molar-refractivity contribution >= 4 is 27.8 Å². The first-order valence-electron chi connectivity index (χ1n) is 8.41. The quantitative estimate of drug-likeness (QED) is 0.445. The largest absolute Gasteiger partial charge is 0.595 e. The van der Waals surface area contributed by atoms with Gasteiger partial charge in [-0.25, -0.2) is 10.2 Å². The molecule has 27 heavy (non-hydrogen) atoms. The Balaban J connectivity index is 1.52. The van der Waals surface area contributed by atoms with Gasteiger partial charge >= 0.3 is 0 Å². The molecular weight excluding hydrogens is 358 g/mol. The van der Waals surface area contributed by atoms with Crippen LogP contribution in [-0.2, 0) is 0 Å². The van der Waals surface area contributed by atoms with Crippen LogP contribution in [-0.4, -0.2) is 10.2 Å². The summed E-state index contributed by atoms with van der Waals surface area (Å²) in [5, 5.41) is 25.1. The third-order valence-electron chi connectivity index (χ3n) is 4.15. The van der Waals surface area contributed by atoms with Crippen molar-refractivity contribution in [2.24, 2.45) is 0 Å². The number of aromatic nitrogens is 1. The van der Waals surface area contributed by atoms with Crippen LogP contribution >= 0.6 is 11.3 Å². The first kappa shape index (κ1) is 17.4. The standard InChI is InChI=1S/C21H17N3O2S/c25-24(26)19-8-4-7-18(13-19)22-21-23-20(14-27-21)17-11-9-16(10-12-17)15-5-2-1-3-6-15/h1-14,24-25H,(H,22,23). The topological polar surface area (TPSA) is 72.7 Å². The van der Waals surface area contributed by atoms with E-state index in [1.807, 2.05) is 29.6 Å². The van der Waals surface area contributed by atoms with Crippen LogP contribution < -0.4 is 10.5 Å². The molecule has 5 nitrogen and oxygen atoms in total. The molecule has 0 spiro atoms. The third-order valence-corrected chi connectivity index (χ3v) is 4.91. The second-order valence-electron chi connectivity index (χ2n) is 5.99. The van der Waals surface area contributed by atoms with Crippen LogP contribution in [0, 0.1) is 5.21 Å². The predicted molar refractivity (Wildman–Crippen MR) is 108 cm³/mol. The molecule has 0 bridgehead atoms. The van der Waals surface area contributed by atoms with Gasteiger partial charge < -0.3 is 10.5 Å². The van der Waals surface area contributed by atoms with E-state index in [4.69, 9.17) is 5.21 Å². The summed E-state index contributed by atoms with van der Waals surface area (Å²) in [4.78, 5) is 4.61. The normalized spacial score (nSPS) is 11.9. The summed E-state index contributed by atoms with van der Waals surface area (Å²) in [6, 6.07) is 25.2. The van der Waals surface area contributed by atoms with Crippen molar-refractivity contribution in [3.63, 3.8) is 0 Å². The molecule has 0 aliphatic heterocycles. The molecule has 0 amide bonds. The molecule has 0 fully saturated rings. The average Bonchev–Trinajstić information content (AvgIpc) is 3.17. The third kappa shape index (κ3) is 4.05. The van der Waals surface area contributed by atoms with E-state index >= 15 is 0 Å². The fourth-order valence-corrected chi connectivity index (χ4v) is 3.52. The van der Waals surface area contributed by atoms with Crippen LogP contribution in [0.25, 0.3) is 22.4 Å². The lowest BCUT2D eigenvalue weighted by atomic mass is 10.0. The summed E-state index contributed by atoms with van der Waals surface area (Å²) >= 11 is 1.48.